The summed E-state index contributed by atoms with van der Waals surface area (Å²) in [6, 6.07) is 2.27. The van der Waals surface area contributed by atoms with Gasteiger partial charge in [0, 0.05) is 5.02 Å². The van der Waals surface area contributed by atoms with Crippen LogP contribution in [0.3, 0.4) is 0 Å². The molecule has 0 atom stereocenters. The number of benzene rings is 1. The van der Waals surface area contributed by atoms with Crippen LogP contribution in [0.4, 0.5) is 4.39 Å². The van der Waals surface area contributed by atoms with E-state index in [1.54, 1.807) is 0 Å². The molecule has 0 saturated heterocycles. The maximum absolute atomic E-state index is 12.9. The van der Waals surface area contributed by atoms with Crippen molar-refractivity contribution in [3.63, 3.8) is 0 Å². The van der Waals surface area contributed by atoms with Crippen LogP contribution < -0.4 is 0 Å². The Hall–Kier alpha value is -0.800. The number of carbonyl (C=O) groups is 1. The summed E-state index contributed by atoms with van der Waals surface area (Å²) < 4.78 is 17.3. The number of methoxy groups -OCH3 is 1. The average molecular weight is 223 g/mol. The first-order valence-corrected chi connectivity index (χ1v) is 4.04. The van der Waals surface area contributed by atoms with Crippen LogP contribution in [0.5, 0.6) is 0 Å². The molecule has 0 aliphatic carbocycles. The van der Waals surface area contributed by atoms with E-state index in [9.17, 15) is 9.18 Å². The molecule has 0 aliphatic heterocycles. The molecule has 0 saturated carbocycles. The van der Waals surface area contributed by atoms with Crippen LogP contribution in [0.15, 0.2) is 12.1 Å². The van der Waals surface area contributed by atoms with Crippen molar-refractivity contribution in [2.45, 2.75) is 0 Å². The fourth-order valence-corrected chi connectivity index (χ4v) is 1.21. The Morgan fingerprint density at radius 2 is 2.08 bits per heavy atom. The number of rotatable bonds is 1. The van der Waals surface area contributed by atoms with Gasteiger partial charge in [-0.25, -0.2) is 9.18 Å². The van der Waals surface area contributed by atoms with E-state index in [1.807, 2.05) is 0 Å². The van der Waals surface area contributed by atoms with Crippen molar-refractivity contribution in [3.05, 3.63) is 33.6 Å². The molecule has 1 aromatic carbocycles. The maximum atomic E-state index is 12.9. The summed E-state index contributed by atoms with van der Waals surface area (Å²) >= 11 is 11.0. The van der Waals surface area contributed by atoms with Crippen LogP contribution in [-0.2, 0) is 4.74 Å². The topological polar surface area (TPSA) is 26.3 Å². The van der Waals surface area contributed by atoms with Gasteiger partial charge in [-0.05, 0) is 12.1 Å². The standard InChI is InChI=1S/C8H5Cl2FO2/c1-13-8(12)5-2-4(9)3-6(11)7(5)10/h2-3H,1H3. The minimum atomic E-state index is -0.741. The highest BCUT2D eigenvalue weighted by molar-refractivity contribution is 6.35. The fraction of sp³-hybridized carbons (Fsp3) is 0.125. The highest BCUT2D eigenvalue weighted by Crippen LogP contribution is 2.24. The van der Waals surface area contributed by atoms with Gasteiger partial charge in [0.2, 0.25) is 0 Å². The van der Waals surface area contributed by atoms with Crippen LogP contribution in [0.1, 0.15) is 10.4 Å². The van der Waals surface area contributed by atoms with Gasteiger partial charge in [0.05, 0.1) is 17.7 Å². The van der Waals surface area contributed by atoms with E-state index in [0.29, 0.717) is 0 Å². The molecule has 0 radical (unpaired) electrons. The second-order valence-electron chi connectivity index (χ2n) is 2.24. The van der Waals surface area contributed by atoms with Crippen molar-refractivity contribution >= 4 is 29.2 Å². The third-order valence-electron chi connectivity index (χ3n) is 1.40. The number of hydrogen-bond acceptors (Lipinski definition) is 2. The molecule has 13 heavy (non-hydrogen) atoms. The number of carbonyl (C=O) groups excluding carboxylic acids is 1. The van der Waals surface area contributed by atoms with Crippen molar-refractivity contribution in [1.82, 2.24) is 0 Å². The molecule has 1 rings (SSSR count). The molecular weight excluding hydrogens is 218 g/mol. The summed E-state index contributed by atoms with van der Waals surface area (Å²) in [6.07, 6.45) is 0. The van der Waals surface area contributed by atoms with Crippen LogP contribution in [-0.4, -0.2) is 13.1 Å². The quantitative estimate of drug-likeness (QED) is 0.540. The van der Waals surface area contributed by atoms with Gasteiger partial charge in [-0.15, -0.1) is 0 Å². The molecule has 5 heteroatoms. The molecule has 0 fully saturated rings. The smallest absolute Gasteiger partial charge is 0.339 e. The molecule has 0 amide bonds. The molecule has 0 aromatic heterocycles. The van der Waals surface area contributed by atoms with Crippen molar-refractivity contribution in [2.24, 2.45) is 0 Å². The van der Waals surface area contributed by atoms with Crippen molar-refractivity contribution < 1.29 is 13.9 Å². The van der Waals surface area contributed by atoms with E-state index in [1.165, 1.54) is 13.2 Å². The zero-order chi connectivity index (χ0) is 10.0. The number of halogens is 3. The van der Waals surface area contributed by atoms with Crippen molar-refractivity contribution in [3.8, 4) is 0 Å². The number of esters is 1. The molecule has 1 aromatic rings. The van der Waals surface area contributed by atoms with E-state index in [0.717, 1.165) is 6.07 Å². The van der Waals surface area contributed by atoms with Gasteiger partial charge in [0.15, 0.2) is 0 Å². The van der Waals surface area contributed by atoms with Crippen LogP contribution in [0.25, 0.3) is 0 Å². The van der Waals surface area contributed by atoms with Crippen LogP contribution in [0.2, 0.25) is 10.0 Å². The molecule has 0 unspecified atom stereocenters. The predicted octanol–water partition coefficient (Wildman–Crippen LogP) is 2.92. The summed E-state index contributed by atoms with van der Waals surface area (Å²) in [5, 5.41) is -0.182. The zero-order valence-electron chi connectivity index (χ0n) is 6.61. The van der Waals surface area contributed by atoms with Gasteiger partial charge < -0.3 is 4.74 Å². The lowest BCUT2D eigenvalue weighted by Gasteiger charge is -2.03. The molecular formula is C8H5Cl2FO2. The number of hydrogen-bond donors (Lipinski definition) is 0. The van der Waals surface area contributed by atoms with Crippen molar-refractivity contribution in [1.29, 1.82) is 0 Å². The molecule has 0 bridgehead atoms. The highest BCUT2D eigenvalue weighted by atomic mass is 35.5. The third-order valence-corrected chi connectivity index (χ3v) is 2.00. The third kappa shape index (κ3) is 2.11. The van der Waals surface area contributed by atoms with Gasteiger partial charge >= 0.3 is 5.97 Å². The van der Waals surface area contributed by atoms with Gasteiger partial charge in [-0.3, -0.25) is 0 Å². The van der Waals surface area contributed by atoms with Gasteiger partial charge in [0.1, 0.15) is 5.82 Å². The molecule has 0 aliphatic rings. The average Bonchev–Trinajstić information content (AvgIpc) is 2.10. The van der Waals surface area contributed by atoms with E-state index < -0.39 is 11.8 Å². The normalized spacial score (nSPS) is 9.85. The van der Waals surface area contributed by atoms with Gasteiger partial charge in [0.25, 0.3) is 0 Å². The lowest BCUT2D eigenvalue weighted by molar-refractivity contribution is 0.0600. The van der Waals surface area contributed by atoms with E-state index >= 15 is 0 Å². The Balaban J connectivity index is 3.28. The second kappa shape index (κ2) is 3.94. The van der Waals surface area contributed by atoms with Gasteiger partial charge in [-0.1, -0.05) is 23.2 Å². The minimum Gasteiger partial charge on any atom is -0.465 e. The Morgan fingerprint density at radius 1 is 1.46 bits per heavy atom. The van der Waals surface area contributed by atoms with Crippen molar-refractivity contribution in [2.75, 3.05) is 7.11 Å². The Labute approximate surface area is 84.2 Å². The van der Waals surface area contributed by atoms with E-state index in [2.05, 4.69) is 4.74 Å². The summed E-state index contributed by atoms with van der Waals surface area (Å²) in [5.41, 5.74) is -0.0748. The summed E-state index contributed by atoms with van der Waals surface area (Å²) in [6.45, 7) is 0. The molecule has 70 valence electrons. The summed E-state index contributed by atoms with van der Waals surface area (Å²) in [4.78, 5) is 11.0. The lowest BCUT2D eigenvalue weighted by atomic mass is 10.2. The predicted molar refractivity (Wildman–Crippen MR) is 47.8 cm³/mol. The number of ether oxygens (including phenoxy) is 1. The first kappa shape index (κ1) is 10.3. The van der Waals surface area contributed by atoms with Crippen LogP contribution >= 0.6 is 23.2 Å². The maximum Gasteiger partial charge on any atom is 0.339 e. The fourth-order valence-electron chi connectivity index (χ4n) is 0.814. The van der Waals surface area contributed by atoms with E-state index in [-0.39, 0.29) is 15.6 Å². The summed E-state index contributed by atoms with van der Waals surface area (Å²) in [7, 11) is 1.18. The van der Waals surface area contributed by atoms with E-state index in [4.69, 9.17) is 23.2 Å². The van der Waals surface area contributed by atoms with Crippen LogP contribution in [0, 0.1) is 5.82 Å². The molecule has 0 spiro atoms. The molecule has 2 nitrogen and oxygen atoms in total. The SMILES string of the molecule is COC(=O)c1cc(Cl)cc(F)c1Cl. The zero-order valence-corrected chi connectivity index (χ0v) is 8.12. The first-order valence-electron chi connectivity index (χ1n) is 3.29. The minimum absolute atomic E-state index is 0.0748. The molecule has 0 heterocycles. The monoisotopic (exact) mass is 222 g/mol. The van der Waals surface area contributed by atoms with Gasteiger partial charge in [-0.2, -0.15) is 0 Å². The summed E-state index contributed by atoms with van der Waals surface area (Å²) in [5.74, 6) is -1.46. The largest absolute Gasteiger partial charge is 0.465 e. The highest BCUT2D eigenvalue weighted by Gasteiger charge is 2.15. The Bertz CT molecular complexity index is 352. The first-order chi connectivity index (χ1) is 6.06. The Kier molecular flexibility index (Phi) is 3.12. The second-order valence-corrected chi connectivity index (χ2v) is 3.06. The Morgan fingerprint density at radius 3 is 2.62 bits per heavy atom. The lowest BCUT2D eigenvalue weighted by Crippen LogP contribution is -2.03. The molecule has 0 N–H and O–H groups in total.